The van der Waals surface area contributed by atoms with Crippen LogP contribution in [0.15, 0.2) is 18.2 Å². The lowest BCUT2D eigenvalue weighted by molar-refractivity contribution is -0.122. The number of halogens is 1. The van der Waals surface area contributed by atoms with Gasteiger partial charge in [-0.2, -0.15) is 0 Å². The molecule has 0 bridgehead atoms. The molecule has 4 atom stereocenters. The van der Waals surface area contributed by atoms with Crippen molar-refractivity contribution in [2.45, 2.75) is 37.8 Å². The van der Waals surface area contributed by atoms with Gasteiger partial charge in [-0.25, -0.2) is 4.39 Å². The Balaban J connectivity index is 0.000000755. The molecule has 1 aromatic rings. The molecule has 1 amide bonds. The molecule has 7 nitrogen and oxygen atoms in total. The molecule has 0 unspecified atom stereocenters. The average molecular weight is 408 g/mol. The number of hydrogen-bond donors (Lipinski definition) is 2. The number of nitrogens with zero attached hydrogens (tertiary/aromatic N) is 2. The summed E-state index contributed by atoms with van der Waals surface area (Å²) >= 11 is 0. The molecule has 1 aliphatic carbocycles. The van der Waals surface area contributed by atoms with Crippen LogP contribution in [0.5, 0.6) is 5.75 Å². The van der Waals surface area contributed by atoms with Crippen molar-refractivity contribution in [1.82, 2.24) is 9.80 Å². The Morgan fingerprint density at radius 1 is 1.21 bits per heavy atom. The number of amides is 1. The Hall–Kier alpha value is -2.19. The quantitative estimate of drug-likeness (QED) is 0.742. The fourth-order valence-corrected chi connectivity index (χ4v) is 5.09. The zero-order valence-corrected chi connectivity index (χ0v) is 16.7. The second-order valence-electron chi connectivity index (χ2n) is 8.01. The summed E-state index contributed by atoms with van der Waals surface area (Å²) in [6, 6.07) is 4.68. The number of ether oxygens (including phenoxy) is 1. The molecular formula is C21H29FN2O5. The second kappa shape index (κ2) is 9.54. The predicted molar refractivity (Wildman–Crippen MR) is 104 cm³/mol. The van der Waals surface area contributed by atoms with E-state index in [4.69, 9.17) is 14.6 Å². The van der Waals surface area contributed by atoms with Crippen LogP contribution in [0, 0.1) is 17.7 Å². The van der Waals surface area contributed by atoms with Crippen LogP contribution in [-0.2, 0) is 4.79 Å². The number of rotatable bonds is 3. The third kappa shape index (κ3) is 4.53. The van der Waals surface area contributed by atoms with Crippen LogP contribution in [0.3, 0.4) is 0 Å². The number of hydrogen-bond acceptors (Lipinski definition) is 5. The minimum atomic E-state index is -0.514. The highest BCUT2D eigenvalue weighted by molar-refractivity contribution is 5.97. The lowest BCUT2D eigenvalue weighted by Gasteiger charge is -2.40. The molecule has 0 aromatic heterocycles. The van der Waals surface area contributed by atoms with Gasteiger partial charge < -0.3 is 19.8 Å². The van der Waals surface area contributed by atoms with Gasteiger partial charge in [0, 0.05) is 19.1 Å². The number of para-hydroxylation sites is 1. The topological polar surface area (TPSA) is 90.3 Å². The molecule has 4 rings (SSSR count). The Labute approximate surface area is 170 Å². The average Bonchev–Trinajstić information content (AvgIpc) is 3.36. The molecule has 2 aliphatic heterocycles. The van der Waals surface area contributed by atoms with E-state index in [-0.39, 0.29) is 35.8 Å². The second-order valence-corrected chi connectivity index (χ2v) is 8.01. The number of carbonyl (C=O) groups excluding carboxylic acids is 1. The SMILES string of the molecule is COc1c(F)cccc1C(=O)N1C[C@H]2C[C@@H](N3CCCC3)[C@H](O)C[C@H]2C1.O=CO. The highest BCUT2D eigenvalue weighted by atomic mass is 19.1. The molecule has 2 heterocycles. The van der Waals surface area contributed by atoms with Crippen LogP contribution >= 0.6 is 0 Å². The van der Waals surface area contributed by atoms with Gasteiger partial charge in [0.25, 0.3) is 12.4 Å². The molecule has 1 saturated carbocycles. The van der Waals surface area contributed by atoms with Gasteiger partial charge in [0.1, 0.15) is 0 Å². The number of benzene rings is 1. The molecule has 2 saturated heterocycles. The third-order valence-corrected chi connectivity index (χ3v) is 6.41. The van der Waals surface area contributed by atoms with E-state index in [9.17, 15) is 14.3 Å². The molecule has 1 aromatic carbocycles. The van der Waals surface area contributed by atoms with Crippen LogP contribution in [0.4, 0.5) is 4.39 Å². The zero-order chi connectivity index (χ0) is 21.0. The summed E-state index contributed by atoms with van der Waals surface area (Å²) in [6.45, 7) is 3.21. The van der Waals surface area contributed by atoms with E-state index in [1.807, 2.05) is 4.90 Å². The van der Waals surface area contributed by atoms with Gasteiger partial charge >= 0.3 is 0 Å². The number of aliphatic hydroxyl groups excluding tert-OH is 1. The maximum absolute atomic E-state index is 13.9. The summed E-state index contributed by atoms with van der Waals surface area (Å²) in [5, 5.41) is 17.5. The van der Waals surface area contributed by atoms with Crippen LogP contribution in [-0.4, -0.2) is 77.8 Å². The molecule has 29 heavy (non-hydrogen) atoms. The first-order valence-electron chi connectivity index (χ1n) is 10.1. The number of likely N-dealkylation sites (tertiary alicyclic amines) is 2. The van der Waals surface area contributed by atoms with Crippen molar-refractivity contribution in [2.24, 2.45) is 11.8 Å². The van der Waals surface area contributed by atoms with Crippen LogP contribution < -0.4 is 4.74 Å². The first kappa shape index (κ1) is 21.5. The Morgan fingerprint density at radius 2 is 1.83 bits per heavy atom. The van der Waals surface area contributed by atoms with E-state index in [2.05, 4.69) is 4.90 Å². The maximum Gasteiger partial charge on any atom is 0.290 e. The van der Waals surface area contributed by atoms with Crippen molar-refractivity contribution in [3.05, 3.63) is 29.6 Å². The normalized spacial score (nSPS) is 29.0. The monoisotopic (exact) mass is 408 g/mol. The van der Waals surface area contributed by atoms with E-state index < -0.39 is 5.82 Å². The van der Waals surface area contributed by atoms with E-state index in [0.717, 1.165) is 25.9 Å². The third-order valence-electron chi connectivity index (χ3n) is 6.41. The largest absolute Gasteiger partial charge is 0.493 e. The van der Waals surface area contributed by atoms with Crippen molar-refractivity contribution in [1.29, 1.82) is 0 Å². The van der Waals surface area contributed by atoms with Crippen LogP contribution in [0.2, 0.25) is 0 Å². The molecule has 0 radical (unpaired) electrons. The van der Waals surface area contributed by atoms with Crippen molar-refractivity contribution < 1.29 is 28.9 Å². The molecule has 0 spiro atoms. The van der Waals surface area contributed by atoms with Crippen LogP contribution in [0.25, 0.3) is 0 Å². The summed E-state index contributed by atoms with van der Waals surface area (Å²) in [6.07, 6.45) is 3.79. The number of carboxylic acid groups (broad SMARTS) is 1. The number of fused-ring (bicyclic) bond motifs is 1. The summed E-state index contributed by atoms with van der Waals surface area (Å²) in [7, 11) is 1.38. The van der Waals surface area contributed by atoms with Gasteiger partial charge in [-0.15, -0.1) is 0 Å². The maximum atomic E-state index is 13.9. The molecule has 3 aliphatic rings. The predicted octanol–water partition coefficient (Wildman–Crippen LogP) is 1.84. The molecule has 3 fully saturated rings. The summed E-state index contributed by atoms with van der Waals surface area (Å²) in [4.78, 5) is 25.5. The molecule has 8 heteroatoms. The molecular weight excluding hydrogens is 379 g/mol. The highest BCUT2D eigenvalue weighted by Crippen LogP contribution is 2.40. The van der Waals surface area contributed by atoms with E-state index in [0.29, 0.717) is 24.9 Å². The minimum absolute atomic E-state index is 0.0161. The molecule has 2 N–H and O–H groups in total. The fraction of sp³-hybridized carbons (Fsp3) is 0.619. The smallest absolute Gasteiger partial charge is 0.290 e. The van der Waals surface area contributed by atoms with Gasteiger partial charge in [-0.05, 0) is 62.7 Å². The number of methoxy groups -OCH3 is 1. The Morgan fingerprint density at radius 3 is 2.45 bits per heavy atom. The zero-order valence-electron chi connectivity index (χ0n) is 16.7. The van der Waals surface area contributed by atoms with Crippen molar-refractivity contribution >= 4 is 12.4 Å². The lowest BCUT2D eigenvalue weighted by Crippen LogP contribution is -2.48. The lowest BCUT2D eigenvalue weighted by atomic mass is 9.77. The first-order chi connectivity index (χ1) is 14.0. The fourth-order valence-electron chi connectivity index (χ4n) is 5.09. The molecule has 160 valence electrons. The van der Waals surface area contributed by atoms with Gasteiger partial charge in [-0.3, -0.25) is 14.5 Å². The van der Waals surface area contributed by atoms with Gasteiger partial charge in [-0.1, -0.05) is 6.07 Å². The standard InChI is InChI=1S/C20H27FN2O3.CH2O2/c1-26-19-15(5-4-6-16(19)21)20(25)23-11-13-9-17(22-7-2-3-8-22)18(24)10-14(13)12-23;2-1-3/h4-6,13-14,17-18,24H,2-3,7-12H2,1H3;1H,(H,2,3)/t13-,14+,17-,18-;/m1./s1. The summed E-state index contributed by atoms with van der Waals surface area (Å²) < 4.78 is 19.0. The highest BCUT2D eigenvalue weighted by Gasteiger charge is 2.45. The van der Waals surface area contributed by atoms with Crippen LogP contribution in [0.1, 0.15) is 36.0 Å². The van der Waals surface area contributed by atoms with E-state index >= 15 is 0 Å². The summed E-state index contributed by atoms with van der Waals surface area (Å²) in [5.41, 5.74) is 0.280. The van der Waals surface area contributed by atoms with Crippen molar-refractivity contribution in [3.63, 3.8) is 0 Å². The van der Waals surface area contributed by atoms with Gasteiger partial charge in [0.2, 0.25) is 0 Å². The first-order valence-corrected chi connectivity index (χ1v) is 10.1. The Bertz CT molecular complexity index is 725. The minimum Gasteiger partial charge on any atom is -0.493 e. The Kier molecular flexibility index (Phi) is 7.08. The summed E-state index contributed by atoms with van der Waals surface area (Å²) in [5.74, 6) is 0.0599. The van der Waals surface area contributed by atoms with Gasteiger partial charge in [0.15, 0.2) is 11.6 Å². The van der Waals surface area contributed by atoms with E-state index in [1.54, 1.807) is 12.1 Å². The number of carbonyl (C=O) groups is 2. The number of aliphatic hydroxyl groups is 1. The van der Waals surface area contributed by atoms with Gasteiger partial charge in [0.05, 0.1) is 18.8 Å². The van der Waals surface area contributed by atoms with E-state index in [1.165, 1.54) is 26.0 Å². The van der Waals surface area contributed by atoms with Crippen molar-refractivity contribution in [3.8, 4) is 5.75 Å². The van der Waals surface area contributed by atoms with Crippen molar-refractivity contribution in [2.75, 3.05) is 33.3 Å².